The van der Waals surface area contributed by atoms with Gasteiger partial charge in [0, 0.05) is 14.1 Å². The van der Waals surface area contributed by atoms with E-state index in [1.165, 1.54) is 11.3 Å². The Morgan fingerprint density at radius 2 is 1.92 bits per heavy atom. The Labute approximate surface area is 147 Å². The fourth-order valence-corrected chi connectivity index (χ4v) is 4.10. The first-order valence-electron chi connectivity index (χ1n) is 7.71. The molecule has 0 bridgehead atoms. The highest BCUT2D eigenvalue weighted by atomic mass is 32.1. The van der Waals surface area contributed by atoms with Crippen LogP contribution in [0, 0.1) is 0 Å². The largest absolute Gasteiger partial charge is 0.497 e. The van der Waals surface area contributed by atoms with Gasteiger partial charge in [0.2, 0.25) is 4.80 Å². The maximum atomic E-state index is 12.9. The number of hydrogen-bond donors (Lipinski definition) is 1. The number of amides is 2. The molecule has 9 heteroatoms. The van der Waals surface area contributed by atoms with Gasteiger partial charge in [-0.05, 0) is 23.8 Å². The molecule has 8 nitrogen and oxygen atoms in total. The molecule has 2 aliphatic heterocycles. The molecule has 0 saturated carbocycles. The van der Waals surface area contributed by atoms with Crippen molar-refractivity contribution in [2.75, 3.05) is 21.2 Å². The third-order valence-electron chi connectivity index (χ3n) is 4.51. The van der Waals surface area contributed by atoms with E-state index in [9.17, 15) is 9.59 Å². The van der Waals surface area contributed by atoms with E-state index in [-0.39, 0.29) is 17.8 Å². The van der Waals surface area contributed by atoms with Crippen LogP contribution in [0.4, 0.5) is 4.79 Å². The second-order valence-electron chi connectivity index (χ2n) is 5.95. The van der Waals surface area contributed by atoms with Gasteiger partial charge in [0.05, 0.1) is 11.6 Å². The lowest BCUT2D eigenvalue weighted by atomic mass is 10.2. The number of carbonyl (C=O) groups is 1. The lowest BCUT2D eigenvalue weighted by Crippen LogP contribution is -2.52. The molecule has 1 aromatic carbocycles. The van der Waals surface area contributed by atoms with E-state index >= 15 is 0 Å². The minimum Gasteiger partial charge on any atom is -0.497 e. The van der Waals surface area contributed by atoms with Crippen LogP contribution in [-0.4, -0.2) is 47.8 Å². The number of carbonyl (C=O) groups excluding carboxylic acids is 1. The Balaban J connectivity index is 1.82. The van der Waals surface area contributed by atoms with Gasteiger partial charge in [0.15, 0.2) is 12.3 Å². The zero-order valence-corrected chi connectivity index (χ0v) is 14.8. The van der Waals surface area contributed by atoms with Crippen molar-refractivity contribution in [3.8, 4) is 5.75 Å². The van der Waals surface area contributed by atoms with Crippen molar-refractivity contribution in [1.29, 1.82) is 0 Å². The van der Waals surface area contributed by atoms with Crippen molar-refractivity contribution < 1.29 is 9.53 Å². The number of likely N-dealkylation sites (N-methyl/N-ethyl adjacent to an activating group) is 2. The summed E-state index contributed by atoms with van der Waals surface area (Å²) >= 11 is 1.30. The number of ether oxygens (including phenoxy) is 1. The Bertz CT molecular complexity index is 1010. The van der Waals surface area contributed by atoms with Gasteiger partial charge in [-0.25, -0.2) is 4.79 Å². The van der Waals surface area contributed by atoms with E-state index in [0.717, 1.165) is 11.3 Å². The van der Waals surface area contributed by atoms with Gasteiger partial charge in [-0.15, -0.1) is 5.10 Å². The summed E-state index contributed by atoms with van der Waals surface area (Å²) in [5.74, 6) is 0.760. The first kappa shape index (κ1) is 15.7. The third kappa shape index (κ3) is 2.30. The predicted molar refractivity (Wildman–Crippen MR) is 92.8 cm³/mol. The smallest absolute Gasteiger partial charge is 0.323 e. The molecule has 4 rings (SSSR count). The second-order valence-corrected chi connectivity index (χ2v) is 6.95. The Kier molecular flexibility index (Phi) is 3.53. The summed E-state index contributed by atoms with van der Waals surface area (Å²) in [6.07, 6.45) is 1.06. The molecule has 2 amide bonds. The van der Waals surface area contributed by atoms with Crippen LogP contribution in [0.2, 0.25) is 0 Å². The van der Waals surface area contributed by atoms with Crippen molar-refractivity contribution in [2.24, 2.45) is 5.10 Å². The van der Waals surface area contributed by atoms with Gasteiger partial charge < -0.3 is 14.5 Å². The maximum absolute atomic E-state index is 12.9. The number of urea groups is 1. The van der Waals surface area contributed by atoms with E-state index in [4.69, 9.17) is 4.74 Å². The molecule has 25 heavy (non-hydrogen) atoms. The number of benzene rings is 1. The average Bonchev–Trinajstić information content (AvgIpc) is 3.05. The number of rotatable bonds is 2. The number of methoxy groups -OCH3 is 1. The number of nitrogens with zero attached hydrogens (tertiary/aromatic N) is 4. The van der Waals surface area contributed by atoms with Crippen LogP contribution in [0.15, 0.2) is 34.2 Å². The summed E-state index contributed by atoms with van der Waals surface area (Å²) in [7, 11) is 5.00. The fraction of sp³-hybridized carbons (Fsp3) is 0.312. The van der Waals surface area contributed by atoms with Gasteiger partial charge in [0.25, 0.3) is 5.56 Å². The fourth-order valence-electron chi connectivity index (χ4n) is 3.13. The van der Waals surface area contributed by atoms with Gasteiger partial charge in [-0.1, -0.05) is 23.5 Å². The molecule has 1 aromatic heterocycles. The molecular formula is C16H17N5O3S. The standard InChI is InChI=1S/C16H17N5O3S/c1-19-12-13(20(2)16(19)23)21-14(22)11(25-15(21)18-17-12)8-9-4-6-10(24-3)7-5-9/h4-8,12-13,17H,1-3H3/b11-8-. The molecule has 2 unspecified atom stereocenters. The van der Waals surface area contributed by atoms with Crippen molar-refractivity contribution in [2.45, 2.75) is 12.3 Å². The van der Waals surface area contributed by atoms with Crippen molar-refractivity contribution in [3.63, 3.8) is 0 Å². The maximum Gasteiger partial charge on any atom is 0.323 e. The van der Waals surface area contributed by atoms with Crippen LogP contribution in [0.3, 0.4) is 0 Å². The van der Waals surface area contributed by atoms with Gasteiger partial charge in [-0.3, -0.25) is 14.8 Å². The molecule has 3 heterocycles. The zero-order valence-electron chi connectivity index (χ0n) is 14.0. The molecule has 1 N–H and O–H groups in total. The minimum absolute atomic E-state index is 0.147. The Morgan fingerprint density at radius 1 is 1.20 bits per heavy atom. The lowest BCUT2D eigenvalue weighted by molar-refractivity contribution is 0.171. The molecule has 2 aromatic rings. The van der Waals surface area contributed by atoms with Crippen molar-refractivity contribution in [1.82, 2.24) is 19.8 Å². The zero-order chi connectivity index (χ0) is 17.7. The number of fused-ring (bicyclic) bond motifs is 3. The Hall–Kier alpha value is -2.81. The first-order chi connectivity index (χ1) is 12.0. The highest BCUT2D eigenvalue weighted by Crippen LogP contribution is 2.26. The number of nitrogens with one attached hydrogen (secondary N) is 1. The predicted octanol–water partition coefficient (Wildman–Crippen LogP) is -0.293. The summed E-state index contributed by atoms with van der Waals surface area (Å²) in [5.41, 5.74) is 3.73. The number of aromatic nitrogens is 1. The quantitative estimate of drug-likeness (QED) is 0.799. The summed E-state index contributed by atoms with van der Waals surface area (Å²) in [6, 6.07) is 7.32. The van der Waals surface area contributed by atoms with E-state index in [1.807, 2.05) is 30.3 Å². The monoisotopic (exact) mass is 359 g/mol. The van der Waals surface area contributed by atoms with Crippen LogP contribution >= 0.6 is 11.3 Å². The Morgan fingerprint density at radius 3 is 2.60 bits per heavy atom. The molecule has 2 aliphatic rings. The van der Waals surface area contributed by atoms with Crippen molar-refractivity contribution >= 4 is 23.4 Å². The van der Waals surface area contributed by atoms with E-state index in [1.54, 1.807) is 35.6 Å². The summed E-state index contributed by atoms with van der Waals surface area (Å²) in [4.78, 5) is 28.8. The molecule has 1 fully saturated rings. The molecule has 130 valence electrons. The third-order valence-corrected chi connectivity index (χ3v) is 5.49. The topological polar surface area (TPSA) is 79.2 Å². The van der Waals surface area contributed by atoms with Crippen LogP contribution in [0.25, 0.3) is 6.08 Å². The SMILES string of the molecule is COc1ccc(/C=c2\sc3n(c2=O)C2C(NN=3)N(C)C(=O)N2C)cc1. The molecular weight excluding hydrogens is 342 g/mol. The highest BCUT2D eigenvalue weighted by Gasteiger charge is 2.46. The van der Waals surface area contributed by atoms with E-state index < -0.39 is 6.17 Å². The average molecular weight is 359 g/mol. The summed E-state index contributed by atoms with van der Waals surface area (Å²) < 4.78 is 7.30. The van der Waals surface area contributed by atoms with Crippen LogP contribution in [0.1, 0.15) is 11.7 Å². The lowest BCUT2D eigenvalue weighted by Gasteiger charge is -2.27. The summed E-state index contributed by atoms with van der Waals surface area (Å²) in [5, 5.41) is 4.28. The highest BCUT2D eigenvalue weighted by molar-refractivity contribution is 7.07. The van der Waals surface area contributed by atoms with Crippen LogP contribution in [0.5, 0.6) is 5.75 Å². The molecule has 1 saturated heterocycles. The normalized spacial score (nSPS) is 22.4. The second kappa shape index (κ2) is 5.62. The molecule has 0 aliphatic carbocycles. The molecule has 0 radical (unpaired) electrons. The van der Waals surface area contributed by atoms with Crippen LogP contribution < -0.4 is 25.1 Å². The van der Waals surface area contributed by atoms with Gasteiger partial charge in [-0.2, -0.15) is 0 Å². The van der Waals surface area contributed by atoms with E-state index in [0.29, 0.717) is 9.33 Å². The van der Waals surface area contributed by atoms with Crippen LogP contribution in [-0.2, 0) is 0 Å². The summed E-state index contributed by atoms with van der Waals surface area (Å²) in [6.45, 7) is 0. The number of hydrogen-bond acceptors (Lipinski definition) is 6. The molecule has 2 atom stereocenters. The number of thiazole rings is 1. The van der Waals surface area contributed by atoms with E-state index in [2.05, 4.69) is 10.5 Å². The van der Waals surface area contributed by atoms with Gasteiger partial charge in [0.1, 0.15) is 5.75 Å². The minimum atomic E-state index is -0.410. The molecule has 0 spiro atoms. The van der Waals surface area contributed by atoms with Crippen molar-refractivity contribution in [3.05, 3.63) is 49.5 Å². The first-order valence-corrected chi connectivity index (χ1v) is 8.53. The van der Waals surface area contributed by atoms with Gasteiger partial charge >= 0.3 is 6.03 Å².